The highest BCUT2D eigenvalue weighted by molar-refractivity contribution is 5.92. The maximum atomic E-state index is 14.4. The number of hydrogen-bond donors (Lipinski definition) is 1. The van der Waals surface area contributed by atoms with E-state index >= 15 is 0 Å². The summed E-state index contributed by atoms with van der Waals surface area (Å²) in [6.45, 7) is 12.9. The van der Waals surface area contributed by atoms with E-state index in [9.17, 15) is 9.18 Å². The van der Waals surface area contributed by atoms with Crippen LogP contribution in [0.5, 0.6) is 0 Å². The summed E-state index contributed by atoms with van der Waals surface area (Å²) in [6.07, 6.45) is 8.06. The third-order valence-electron chi connectivity index (χ3n) is 15.0. The van der Waals surface area contributed by atoms with Gasteiger partial charge in [0.05, 0.1) is 24.1 Å². The molecule has 1 N–H and O–H groups in total. The van der Waals surface area contributed by atoms with Crippen LogP contribution in [-0.4, -0.2) is 58.5 Å². The Hall–Kier alpha value is -1.77. The summed E-state index contributed by atoms with van der Waals surface area (Å²) in [5, 5.41) is 3.04. The summed E-state index contributed by atoms with van der Waals surface area (Å²) in [7, 11) is 0. The second kappa shape index (κ2) is 12.4. The molecule has 16 atom stereocenters. The molecule has 11 rings (SSSR count). The third kappa shape index (κ3) is 5.39. The fourth-order valence-corrected chi connectivity index (χ4v) is 12.1. The molecule has 8 aliphatic heterocycles. The lowest BCUT2D eigenvalue weighted by Crippen LogP contribution is -2.70. The minimum absolute atomic E-state index is 0.0775. The van der Waals surface area contributed by atoms with Crippen molar-refractivity contribution in [2.24, 2.45) is 53.3 Å². The van der Waals surface area contributed by atoms with E-state index in [-0.39, 0.29) is 53.6 Å². The first-order chi connectivity index (χ1) is 24.3. The minimum Gasteiger partial charge on any atom is -0.346 e. The second-order valence-corrected chi connectivity index (χ2v) is 17.9. The summed E-state index contributed by atoms with van der Waals surface area (Å²) in [5.41, 5.74) is -0.919. The van der Waals surface area contributed by atoms with Crippen LogP contribution in [0.3, 0.4) is 0 Å². The van der Waals surface area contributed by atoms with Gasteiger partial charge in [-0.05, 0) is 113 Å². The summed E-state index contributed by atoms with van der Waals surface area (Å²) >= 11 is 0. The SMILES string of the molecule is C[C@H]1[C@@H](CC(C[C@H]2O[C@@H]3O[C@]4(C)CC[C@H]5[C@H](C)CC[C@@H]([C@H]2C)[C@@]35OO4)C(=O)Nc2ccc(F)nc2)O[C@@H]2O[C@]3(C)CC[C@H]4[C@H](C)CC[C@@H]1[C@@]24OO3. The molecule has 11 nitrogen and oxygen atoms in total. The maximum Gasteiger partial charge on any atom is 0.227 e. The molecule has 282 valence electrons. The molecule has 1 aromatic rings. The molecular formula is C39H55FN2O9. The lowest BCUT2D eigenvalue weighted by atomic mass is 9.56. The standard InChI is InChI=1S/C39H55FN2O9/c1-20-7-10-28-22(3)30(44-34-38(28)26(20)13-15-36(5,46-34)48-50-38)17-24(33(43)42-25-9-12-32(40)41-19-25)18-31-23(4)29-11-8-21(2)27-14-16-37(6)47-35(45-31)39(27,29)51-49-37/h9,12,19-24,26-31,34-35H,7-8,10-11,13-18H2,1-6H3,(H,42,43)/t20-,21-,22-,23-,26+,27+,28+,29+,30-,31-,34-,35-,36+,37+,38-,39-/m1/s1. The molecule has 2 saturated carbocycles. The van der Waals surface area contributed by atoms with Gasteiger partial charge >= 0.3 is 0 Å². The number of hydrogen-bond acceptors (Lipinski definition) is 10. The Labute approximate surface area is 300 Å². The average molecular weight is 715 g/mol. The summed E-state index contributed by atoms with van der Waals surface area (Å²) < 4.78 is 41.0. The number of aromatic nitrogens is 1. The van der Waals surface area contributed by atoms with E-state index in [1.165, 1.54) is 12.3 Å². The number of pyridine rings is 1. The Morgan fingerprint density at radius 2 is 1.27 bits per heavy atom. The number of carbonyl (C=O) groups excluding carboxylic acids is 1. The van der Waals surface area contributed by atoms with E-state index in [0.29, 0.717) is 30.4 Å². The fraction of sp³-hybridized carbons (Fsp3) is 0.846. The minimum atomic E-state index is -0.883. The first-order valence-electron chi connectivity index (χ1n) is 19.7. The van der Waals surface area contributed by atoms with Crippen LogP contribution >= 0.6 is 0 Å². The Morgan fingerprint density at radius 1 is 0.765 bits per heavy atom. The Balaban J connectivity index is 1.02. The van der Waals surface area contributed by atoms with Crippen molar-refractivity contribution in [2.75, 3.05) is 5.32 Å². The van der Waals surface area contributed by atoms with Crippen molar-refractivity contribution in [1.29, 1.82) is 0 Å². The average Bonchev–Trinajstić information content (AvgIpc) is 3.47. The smallest absolute Gasteiger partial charge is 0.227 e. The van der Waals surface area contributed by atoms with E-state index in [4.69, 9.17) is 38.5 Å². The molecule has 1 aromatic heterocycles. The Morgan fingerprint density at radius 3 is 1.75 bits per heavy atom. The monoisotopic (exact) mass is 714 g/mol. The molecule has 2 aliphatic carbocycles. The van der Waals surface area contributed by atoms with Crippen LogP contribution in [0.15, 0.2) is 18.3 Å². The van der Waals surface area contributed by atoms with E-state index in [0.717, 1.165) is 51.4 Å². The van der Waals surface area contributed by atoms with Gasteiger partial charge in [-0.3, -0.25) is 4.79 Å². The molecule has 10 fully saturated rings. The number of nitrogens with zero attached hydrogens (tertiary/aromatic N) is 1. The van der Waals surface area contributed by atoms with Crippen molar-refractivity contribution in [1.82, 2.24) is 4.98 Å². The lowest BCUT2D eigenvalue weighted by Gasteiger charge is -2.61. The van der Waals surface area contributed by atoms with Gasteiger partial charge in [0.1, 0.15) is 0 Å². The van der Waals surface area contributed by atoms with Crippen molar-refractivity contribution in [3.8, 4) is 0 Å². The Bertz CT molecular complexity index is 1420. The van der Waals surface area contributed by atoms with Crippen LogP contribution in [0, 0.1) is 59.2 Å². The molecule has 0 unspecified atom stereocenters. The molecule has 0 radical (unpaired) electrons. The van der Waals surface area contributed by atoms with Crippen LogP contribution in [0.1, 0.15) is 106 Å². The predicted octanol–water partition coefficient (Wildman–Crippen LogP) is 7.06. The predicted molar refractivity (Wildman–Crippen MR) is 179 cm³/mol. The van der Waals surface area contributed by atoms with E-state index in [1.807, 2.05) is 13.8 Å². The van der Waals surface area contributed by atoms with Gasteiger partial charge < -0.3 is 24.3 Å². The molecular weight excluding hydrogens is 659 g/mol. The zero-order valence-electron chi connectivity index (χ0n) is 30.8. The topological polar surface area (TPSA) is 116 Å². The van der Waals surface area contributed by atoms with Crippen LogP contribution in [0.2, 0.25) is 0 Å². The lowest BCUT2D eigenvalue weighted by molar-refractivity contribution is -0.571. The highest BCUT2D eigenvalue weighted by atomic mass is 19.1. The summed E-state index contributed by atoms with van der Waals surface area (Å²) in [6, 6.07) is 2.80. The molecule has 8 saturated heterocycles. The van der Waals surface area contributed by atoms with E-state index in [1.54, 1.807) is 6.07 Å². The first-order valence-corrected chi connectivity index (χ1v) is 19.7. The maximum absolute atomic E-state index is 14.4. The van der Waals surface area contributed by atoms with Gasteiger partial charge in [-0.25, -0.2) is 24.5 Å². The van der Waals surface area contributed by atoms with Crippen LogP contribution in [0.25, 0.3) is 0 Å². The number of nitrogens with one attached hydrogen (secondary N) is 1. The van der Waals surface area contributed by atoms with Gasteiger partial charge in [0.25, 0.3) is 0 Å². The molecule has 12 heteroatoms. The van der Waals surface area contributed by atoms with Crippen molar-refractivity contribution in [3.63, 3.8) is 0 Å². The van der Waals surface area contributed by atoms with Crippen molar-refractivity contribution < 1.29 is 47.7 Å². The number of ether oxygens (including phenoxy) is 4. The largest absolute Gasteiger partial charge is 0.346 e. The Kier molecular flexibility index (Phi) is 8.49. The number of anilines is 1. The fourth-order valence-electron chi connectivity index (χ4n) is 12.1. The van der Waals surface area contributed by atoms with E-state index < -0.39 is 47.2 Å². The number of halogens is 1. The van der Waals surface area contributed by atoms with Gasteiger partial charge in [0.2, 0.25) is 23.4 Å². The third-order valence-corrected chi connectivity index (χ3v) is 15.0. The first kappa shape index (κ1) is 35.0. The van der Waals surface area contributed by atoms with Crippen LogP contribution in [-0.2, 0) is 43.3 Å². The number of fused-ring (bicyclic) bond motifs is 4. The number of carbonyl (C=O) groups is 1. The zero-order chi connectivity index (χ0) is 35.5. The molecule has 1 amide bonds. The van der Waals surface area contributed by atoms with Crippen LogP contribution in [0.4, 0.5) is 10.1 Å². The molecule has 9 heterocycles. The van der Waals surface area contributed by atoms with Gasteiger partial charge in [0, 0.05) is 30.6 Å². The number of rotatable bonds is 6. The summed E-state index contributed by atoms with van der Waals surface area (Å²) in [4.78, 5) is 43.1. The molecule has 0 aromatic carbocycles. The van der Waals surface area contributed by atoms with Crippen molar-refractivity contribution in [2.45, 2.75) is 153 Å². The van der Waals surface area contributed by atoms with Crippen molar-refractivity contribution in [3.05, 3.63) is 24.3 Å². The summed E-state index contributed by atoms with van der Waals surface area (Å²) in [5.74, 6) is -1.16. The highest BCUT2D eigenvalue weighted by Crippen LogP contribution is 2.63. The molecule has 51 heavy (non-hydrogen) atoms. The molecule has 4 bridgehead atoms. The molecule has 10 aliphatic rings. The van der Waals surface area contributed by atoms with Gasteiger partial charge in [-0.2, -0.15) is 4.39 Å². The van der Waals surface area contributed by atoms with Crippen molar-refractivity contribution >= 4 is 11.6 Å². The van der Waals surface area contributed by atoms with Crippen LogP contribution < -0.4 is 5.32 Å². The normalized spacial score (nSPS) is 51.8. The number of amides is 1. The van der Waals surface area contributed by atoms with Gasteiger partial charge in [-0.15, -0.1) is 0 Å². The second-order valence-electron chi connectivity index (χ2n) is 17.9. The molecule has 2 spiro atoms. The quantitative estimate of drug-likeness (QED) is 0.243. The van der Waals surface area contributed by atoms with E-state index in [2.05, 4.69) is 38.0 Å². The van der Waals surface area contributed by atoms with Gasteiger partial charge in [0.15, 0.2) is 23.8 Å². The van der Waals surface area contributed by atoms with Gasteiger partial charge in [-0.1, -0.05) is 27.7 Å². The zero-order valence-corrected chi connectivity index (χ0v) is 30.8. The highest BCUT2D eigenvalue weighted by Gasteiger charge is 2.71.